The van der Waals surface area contributed by atoms with Crippen LogP contribution >= 0.6 is 11.3 Å². The van der Waals surface area contributed by atoms with E-state index < -0.39 is 0 Å². The molecule has 3 heterocycles. The standard InChI is InChI=1S/C16H24N2O2S/c1-11(2)14-16(19)18(8-12-4-3-6-20-9-12)15(17-14)13-5-7-21-10-13/h5,7,10-12,14-15,17H,3-4,6,8-9H2,1-2H3. The van der Waals surface area contributed by atoms with Gasteiger partial charge in [0.2, 0.25) is 5.91 Å². The Morgan fingerprint density at radius 3 is 3.00 bits per heavy atom. The zero-order chi connectivity index (χ0) is 14.8. The first-order chi connectivity index (χ1) is 10.2. The van der Waals surface area contributed by atoms with Crippen LogP contribution in [-0.4, -0.2) is 36.6 Å². The van der Waals surface area contributed by atoms with E-state index in [0.29, 0.717) is 11.8 Å². The van der Waals surface area contributed by atoms with Gasteiger partial charge in [-0.1, -0.05) is 13.8 Å². The maximum absolute atomic E-state index is 12.8. The molecule has 3 rings (SSSR count). The Morgan fingerprint density at radius 1 is 1.52 bits per heavy atom. The smallest absolute Gasteiger partial charge is 0.241 e. The summed E-state index contributed by atoms with van der Waals surface area (Å²) in [5.74, 6) is 1.02. The van der Waals surface area contributed by atoms with Gasteiger partial charge in [0.1, 0.15) is 6.17 Å². The van der Waals surface area contributed by atoms with E-state index in [1.165, 1.54) is 5.56 Å². The van der Waals surface area contributed by atoms with Crippen molar-refractivity contribution in [3.8, 4) is 0 Å². The minimum Gasteiger partial charge on any atom is -0.381 e. The average Bonchev–Trinajstić information content (AvgIpc) is 3.09. The lowest BCUT2D eigenvalue weighted by Crippen LogP contribution is -2.38. The molecule has 2 saturated heterocycles. The highest BCUT2D eigenvalue weighted by atomic mass is 32.1. The zero-order valence-electron chi connectivity index (χ0n) is 12.7. The van der Waals surface area contributed by atoms with Crippen LogP contribution in [-0.2, 0) is 9.53 Å². The van der Waals surface area contributed by atoms with E-state index in [-0.39, 0.29) is 18.1 Å². The lowest BCUT2D eigenvalue weighted by atomic mass is 10.0. The summed E-state index contributed by atoms with van der Waals surface area (Å²) in [5.41, 5.74) is 1.20. The third kappa shape index (κ3) is 3.15. The second-order valence-corrected chi connectivity index (χ2v) is 7.20. The highest BCUT2D eigenvalue weighted by Crippen LogP contribution is 2.31. The predicted molar refractivity (Wildman–Crippen MR) is 84.1 cm³/mol. The molecule has 4 nitrogen and oxygen atoms in total. The summed E-state index contributed by atoms with van der Waals surface area (Å²) in [6, 6.07) is 2.04. The monoisotopic (exact) mass is 308 g/mol. The highest BCUT2D eigenvalue weighted by Gasteiger charge is 2.41. The summed E-state index contributed by atoms with van der Waals surface area (Å²) in [7, 11) is 0. The van der Waals surface area contributed by atoms with Crippen LogP contribution in [0.4, 0.5) is 0 Å². The summed E-state index contributed by atoms with van der Waals surface area (Å²) >= 11 is 1.68. The first-order valence-electron chi connectivity index (χ1n) is 7.83. The lowest BCUT2D eigenvalue weighted by Gasteiger charge is -2.30. The van der Waals surface area contributed by atoms with Crippen molar-refractivity contribution in [3.63, 3.8) is 0 Å². The third-order valence-corrected chi connectivity index (χ3v) is 5.13. The molecule has 0 aromatic carbocycles. The van der Waals surface area contributed by atoms with E-state index >= 15 is 0 Å². The molecule has 0 bridgehead atoms. The topological polar surface area (TPSA) is 41.6 Å². The van der Waals surface area contributed by atoms with Crippen LogP contribution in [0.25, 0.3) is 0 Å². The van der Waals surface area contributed by atoms with Crippen molar-refractivity contribution in [1.82, 2.24) is 10.2 Å². The van der Waals surface area contributed by atoms with Crippen LogP contribution in [0.1, 0.15) is 38.4 Å². The summed E-state index contributed by atoms with van der Waals surface area (Å²) in [4.78, 5) is 14.8. The van der Waals surface area contributed by atoms with Gasteiger partial charge in [-0.15, -0.1) is 0 Å². The molecular formula is C16H24N2O2S. The van der Waals surface area contributed by atoms with Gasteiger partial charge in [0, 0.05) is 19.1 Å². The number of amides is 1. The molecular weight excluding hydrogens is 284 g/mol. The molecule has 2 aliphatic heterocycles. The minimum absolute atomic E-state index is 0.0260. The van der Waals surface area contributed by atoms with Crippen LogP contribution in [0.5, 0.6) is 0 Å². The van der Waals surface area contributed by atoms with Gasteiger partial charge < -0.3 is 9.64 Å². The van der Waals surface area contributed by atoms with Crippen molar-refractivity contribution in [3.05, 3.63) is 22.4 Å². The highest BCUT2D eigenvalue weighted by molar-refractivity contribution is 7.07. The number of rotatable bonds is 4. The fourth-order valence-corrected chi connectivity index (χ4v) is 3.93. The molecule has 21 heavy (non-hydrogen) atoms. The normalized spacial score (nSPS) is 30.3. The van der Waals surface area contributed by atoms with Crippen LogP contribution in [0.2, 0.25) is 0 Å². The number of nitrogens with one attached hydrogen (secondary N) is 1. The molecule has 1 N–H and O–H groups in total. The number of ether oxygens (including phenoxy) is 1. The number of nitrogens with zero attached hydrogens (tertiary/aromatic N) is 1. The van der Waals surface area contributed by atoms with Crippen molar-refractivity contribution in [2.75, 3.05) is 19.8 Å². The van der Waals surface area contributed by atoms with Crippen LogP contribution in [0.3, 0.4) is 0 Å². The molecule has 0 aliphatic carbocycles. The van der Waals surface area contributed by atoms with E-state index in [0.717, 1.165) is 32.6 Å². The zero-order valence-corrected chi connectivity index (χ0v) is 13.6. The lowest BCUT2D eigenvalue weighted by molar-refractivity contribution is -0.132. The molecule has 1 aromatic heterocycles. The van der Waals surface area contributed by atoms with E-state index in [1.807, 2.05) is 4.90 Å². The fraction of sp³-hybridized carbons (Fsp3) is 0.688. The van der Waals surface area contributed by atoms with Gasteiger partial charge in [0.15, 0.2) is 0 Å². The van der Waals surface area contributed by atoms with Crippen molar-refractivity contribution < 1.29 is 9.53 Å². The first-order valence-corrected chi connectivity index (χ1v) is 8.77. The Bertz CT molecular complexity index is 469. The van der Waals surface area contributed by atoms with Gasteiger partial charge in [0.05, 0.1) is 12.6 Å². The molecule has 1 amide bonds. The van der Waals surface area contributed by atoms with Crippen LogP contribution in [0, 0.1) is 11.8 Å². The van der Waals surface area contributed by atoms with Crippen molar-refractivity contribution in [2.45, 2.75) is 38.9 Å². The Hall–Kier alpha value is -0.910. The largest absolute Gasteiger partial charge is 0.381 e. The van der Waals surface area contributed by atoms with Crippen molar-refractivity contribution in [1.29, 1.82) is 0 Å². The first kappa shape index (κ1) is 15.0. The average molecular weight is 308 g/mol. The molecule has 3 unspecified atom stereocenters. The molecule has 1 aromatic rings. The number of thiophene rings is 1. The van der Waals surface area contributed by atoms with Crippen LogP contribution < -0.4 is 5.32 Å². The van der Waals surface area contributed by atoms with Gasteiger partial charge in [-0.25, -0.2) is 0 Å². The number of hydrogen-bond donors (Lipinski definition) is 1. The Morgan fingerprint density at radius 2 is 2.38 bits per heavy atom. The molecule has 0 saturated carbocycles. The second kappa shape index (κ2) is 6.46. The molecule has 2 aliphatic rings. The third-order valence-electron chi connectivity index (χ3n) is 4.43. The fourth-order valence-electron chi connectivity index (χ4n) is 3.25. The molecule has 5 heteroatoms. The van der Waals surface area contributed by atoms with E-state index in [4.69, 9.17) is 4.74 Å². The molecule has 3 atom stereocenters. The van der Waals surface area contributed by atoms with Crippen LogP contribution in [0.15, 0.2) is 16.8 Å². The van der Waals surface area contributed by atoms with E-state index in [1.54, 1.807) is 11.3 Å². The van der Waals surface area contributed by atoms with Gasteiger partial charge in [-0.3, -0.25) is 10.1 Å². The summed E-state index contributed by atoms with van der Waals surface area (Å²) in [6.07, 6.45) is 2.29. The Balaban J connectivity index is 1.77. The summed E-state index contributed by atoms with van der Waals surface area (Å²) in [6.45, 7) is 6.66. The maximum atomic E-state index is 12.8. The minimum atomic E-state index is -0.0700. The maximum Gasteiger partial charge on any atom is 0.241 e. The Labute approximate surface area is 130 Å². The predicted octanol–water partition coefficient (Wildman–Crippen LogP) is 2.63. The van der Waals surface area contributed by atoms with Gasteiger partial charge in [0.25, 0.3) is 0 Å². The van der Waals surface area contributed by atoms with E-state index in [2.05, 4.69) is 36.0 Å². The molecule has 2 fully saturated rings. The SMILES string of the molecule is CC(C)C1NC(c2ccsc2)N(CC2CCCOC2)C1=O. The quantitative estimate of drug-likeness (QED) is 0.930. The Kier molecular flexibility index (Phi) is 4.62. The number of carbonyl (C=O) groups excluding carboxylic acids is 1. The number of hydrogen-bond acceptors (Lipinski definition) is 4. The number of carbonyl (C=O) groups is 1. The van der Waals surface area contributed by atoms with Crippen molar-refractivity contribution >= 4 is 17.2 Å². The molecule has 0 spiro atoms. The second-order valence-electron chi connectivity index (χ2n) is 6.42. The van der Waals surface area contributed by atoms with E-state index in [9.17, 15) is 4.79 Å². The van der Waals surface area contributed by atoms with Crippen molar-refractivity contribution in [2.24, 2.45) is 11.8 Å². The van der Waals surface area contributed by atoms with Gasteiger partial charge >= 0.3 is 0 Å². The summed E-state index contributed by atoms with van der Waals surface area (Å²) < 4.78 is 5.57. The molecule has 0 radical (unpaired) electrons. The van der Waals surface area contributed by atoms with Gasteiger partial charge in [-0.2, -0.15) is 11.3 Å². The summed E-state index contributed by atoms with van der Waals surface area (Å²) in [5, 5.41) is 7.74. The van der Waals surface area contributed by atoms with Gasteiger partial charge in [-0.05, 0) is 41.1 Å². The molecule has 116 valence electrons.